The van der Waals surface area contributed by atoms with Crippen molar-refractivity contribution in [3.63, 3.8) is 0 Å². The number of nitrogens with zero attached hydrogens (tertiary/aromatic N) is 1. The first-order valence-corrected chi connectivity index (χ1v) is 6.09. The van der Waals surface area contributed by atoms with Crippen LogP contribution in [0.2, 0.25) is 5.02 Å². The van der Waals surface area contributed by atoms with Gasteiger partial charge in [0.1, 0.15) is 0 Å². The quantitative estimate of drug-likeness (QED) is 0.628. The Bertz CT molecular complexity index is 506. The van der Waals surface area contributed by atoms with Crippen LogP contribution >= 0.6 is 11.6 Å². The number of piperidine rings is 1. The number of benzene rings is 1. The number of imide groups is 1. The SMILES string of the molecule is CC1(C)CC(=O)N(c2ccc(Cl)cc2N)C(=O)C1. The van der Waals surface area contributed by atoms with Crippen molar-refractivity contribution in [1.29, 1.82) is 0 Å². The van der Waals surface area contributed by atoms with Crippen molar-refractivity contribution in [1.82, 2.24) is 0 Å². The molecule has 0 saturated carbocycles. The molecule has 2 N–H and O–H groups in total. The number of nitrogens with two attached hydrogens (primary N) is 1. The molecule has 0 atom stereocenters. The topological polar surface area (TPSA) is 63.4 Å². The van der Waals surface area contributed by atoms with Crippen LogP contribution in [0.15, 0.2) is 18.2 Å². The van der Waals surface area contributed by atoms with E-state index in [2.05, 4.69) is 0 Å². The van der Waals surface area contributed by atoms with Crippen LogP contribution in [0.3, 0.4) is 0 Å². The lowest BCUT2D eigenvalue weighted by molar-refractivity contribution is -0.132. The lowest BCUT2D eigenvalue weighted by Crippen LogP contribution is -2.46. The second-order valence-electron chi connectivity index (χ2n) is 5.34. The first-order valence-electron chi connectivity index (χ1n) is 5.71. The molecular formula is C13H15ClN2O2. The van der Waals surface area contributed by atoms with Crippen molar-refractivity contribution < 1.29 is 9.59 Å². The summed E-state index contributed by atoms with van der Waals surface area (Å²) in [5.74, 6) is -0.435. The molecule has 0 radical (unpaired) electrons. The Morgan fingerprint density at radius 3 is 2.28 bits per heavy atom. The first-order chi connectivity index (χ1) is 8.30. The zero-order valence-corrected chi connectivity index (χ0v) is 11.1. The van der Waals surface area contributed by atoms with Crippen molar-refractivity contribution in [2.24, 2.45) is 5.41 Å². The highest BCUT2D eigenvalue weighted by Crippen LogP contribution is 2.36. The summed E-state index contributed by atoms with van der Waals surface area (Å²) in [5, 5.41) is 0.480. The Labute approximate surface area is 111 Å². The maximum Gasteiger partial charge on any atom is 0.234 e. The van der Waals surface area contributed by atoms with Crippen LogP contribution in [-0.4, -0.2) is 11.8 Å². The Hall–Kier alpha value is -1.55. The normalized spacial score (nSPS) is 19.2. The molecule has 18 heavy (non-hydrogen) atoms. The minimum Gasteiger partial charge on any atom is -0.397 e. The van der Waals surface area contributed by atoms with E-state index in [0.717, 1.165) is 4.90 Å². The van der Waals surface area contributed by atoms with Gasteiger partial charge in [0, 0.05) is 17.9 Å². The van der Waals surface area contributed by atoms with Crippen LogP contribution in [0.4, 0.5) is 11.4 Å². The Morgan fingerprint density at radius 2 is 1.78 bits per heavy atom. The number of carbonyl (C=O) groups is 2. The highest BCUT2D eigenvalue weighted by molar-refractivity contribution is 6.31. The average Bonchev–Trinajstić information content (AvgIpc) is 2.18. The standard InChI is InChI=1S/C13H15ClN2O2/c1-13(2)6-11(17)16(12(18)7-13)10-4-3-8(14)5-9(10)15/h3-5H,6-7,15H2,1-2H3. The van der Waals surface area contributed by atoms with Crippen LogP contribution in [0, 0.1) is 5.41 Å². The van der Waals surface area contributed by atoms with E-state index < -0.39 is 0 Å². The van der Waals surface area contributed by atoms with E-state index in [9.17, 15) is 9.59 Å². The highest BCUT2D eigenvalue weighted by atomic mass is 35.5. The molecule has 1 saturated heterocycles. The van der Waals surface area contributed by atoms with E-state index in [1.807, 2.05) is 13.8 Å². The molecule has 1 aliphatic heterocycles. The highest BCUT2D eigenvalue weighted by Gasteiger charge is 2.38. The van der Waals surface area contributed by atoms with E-state index in [0.29, 0.717) is 29.2 Å². The Morgan fingerprint density at radius 1 is 1.22 bits per heavy atom. The van der Waals surface area contributed by atoms with Crippen LogP contribution in [0.1, 0.15) is 26.7 Å². The molecule has 1 aromatic carbocycles. The maximum absolute atomic E-state index is 12.1. The third-order valence-corrected chi connectivity index (χ3v) is 3.22. The molecule has 2 amide bonds. The molecule has 4 nitrogen and oxygen atoms in total. The predicted octanol–water partition coefficient (Wildman–Crippen LogP) is 2.60. The number of hydrogen-bond acceptors (Lipinski definition) is 3. The number of anilines is 2. The van der Waals surface area contributed by atoms with Crippen molar-refractivity contribution in [2.45, 2.75) is 26.7 Å². The van der Waals surface area contributed by atoms with E-state index in [4.69, 9.17) is 17.3 Å². The van der Waals surface area contributed by atoms with Crippen LogP contribution in [0.25, 0.3) is 0 Å². The van der Waals surface area contributed by atoms with Gasteiger partial charge in [0.2, 0.25) is 11.8 Å². The molecule has 1 heterocycles. The van der Waals surface area contributed by atoms with Gasteiger partial charge < -0.3 is 5.73 Å². The second kappa shape index (κ2) is 4.28. The van der Waals surface area contributed by atoms with Gasteiger partial charge in [0.15, 0.2) is 0 Å². The summed E-state index contributed by atoms with van der Waals surface area (Å²) in [6, 6.07) is 4.76. The molecular weight excluding hydrogens is 252 g/mol. The third kappa shape index (κ3) is 2.34. The summed E-state index contributed by atoms with van der Waals surface area (Å²) >= 11 is 5.81. The van der Waals surface area contributed by atoms with Gasteiger partial charge in [-0.25, -0.2) is 4.90 Å². The maximum atomic E-state index is 12.1. The number of halogens is 1. The summed E-state index contributed by atoms with van der Waals surface area (Å²) in [4.78, 5) is 25.3. The molecule has 1 fully saturated rings. The Balaban J connectivity index is 2.39. The summed E-state index contributed by atoms with van der Waals surface area (Å²) in [6.45, 7) is 3.82. The molecule has 0 aromatic heterocycles. The smallest absolute Gasteiger partial charge is 0.234 e. The molecule has 5 heteroatoms. The van der Waals surface area contributed by atoms with E-state index in [1.54, 1.807) is 12.1 Å². The van der Waals surface area contributed by atoms with Gasteiger partial charge in [-0.15, -0.1) is 0 Å². The van der Waals surface area contributed by atoms with Gasteiger partial charge >= 0.3 is 0 Å². The fourth-order valence-corrected chi connectivity index (χ4v) is 2.36. The molecule has 0 bridgehead atoms. The monoisotopic (exact) mass is 266 g/mol. The summed E-state index contributed by atoms with van der Waals surface area (Å²) in [7, 11) is 0. The van der Waals surface area contributed by atoms with Crippen LogP contribution in [0.5, 0.6) is 0 Å². The van der Waals surface area contributed by atoms with Crippen molar-refractivity contribution in [3.05, 3.63) is 23.2 Å². The summed E-state index contributed by atoms with van der Waals surface area (Å²) in [5.41, 5.74) is 6.29. The first kappa shape index (κ1) is 12.9. The van der Waals surface area contributed by atoms with Crippen molar-refractivity contribution >= 4 is 34.8 Å². The number of amides is 2. The third-order valence-electron chi connectivity index (χ3n) is 2.99. The lowest BCUT2D eigenvalue weighted by Gasteiger charge is -2.35. The number of hydrogen-bond donors (Lipinski definition) is 1. The minimum absolute atomic E-state index is 0.217. The molecule has 0 aliphatic carbocycles. The fourth-order valence-electron chi connectivity index (χ4n) is 2.18. The lowest BCUT2D eigenvalue weighted by atomic mass is 9.81. The fraction of sp³-hybridized carbons (Fsp3) is 0.385. The molecule has 0 spiro atoms. The second-order valence-corrected chi connectivity index (χ2v) is 5.78. The molecule has 1 aromatic rings. The zero-order valence-electron chi connectivity index (χ0n) is 10.4. The number of nitrogen functional groups attached to an aromatic ring is 1. The van der Waals surface area contributed by atoms with Gasteiger partial charge in [-0.2, -0.15) is 0 Å². The van der Waals surface area contributed by atoms with Gasteiger partial charge in [0.05, 0.1) is 11.4 Å². The van der Waals surface area contributed by atoms with Gasteiger partial charge in [-0.1, -0.05) is 25.4 Å². The molecule has 0 unspecified atom stereocenters. The number of rotatable bonds is 1. The van der Waals surface area contributed by atoms with Gasteiger partial charge in [-0.05, 0) is 23.6 Å². The zero-order chi connectivity index (χ0) is 13.5. The predicted molar refractivity (Wildman–Crippen MR) is 71.4 cm³/mol. The van der Waals surface area contributed by atoms with Gasteiger partial charge in [-0.3, -0.25) is 9.59 Å². The van der Waals surface area contributed by atoms with Gasteiger partial charge in [0.25, 0.3) is 0 Å². The van der Waals surface area contributed by atoms with E-state index in [-0.39, 0.29) is 17.2 Å². The van der Waals surface area contributed by atoms with Crippen molar-refractivity contribution in [3.8, 4) is 0 Å². The Kier molecular flexibility index (Phi) is 3.07. The number of carbonyl (C=O) groups excluding carboxylic acids is 2. The average molecular weight is 267 g/mol. The van der Waals surface area contributed by atoms with E-state index in [1.165, 1.54) is 6.07 Å². The molecule has 96 valence electrons. The summed E-state index contributed by atoms with van der Waals surface area (Å²) < 4.78 is 0. The summed E-state index contributed by atoms with van der Waals surface area (Å²) in [6.07, 6.45) is 0.668. The molecule has 2 rings (SSSR count). The van der Waals surface area contributed by atoms with E-state index >= 15 is 0 Å². The van der Waals surface area contributed by atoms with Crippen molar-refractivity contribution in [2.75, 3.05) is 10.6 Å². The minimum atomic E-state index is -0.286. The van der Waals surface area contributed by atoms with Crippen LogP contribution < -0.4 is 10.6 Å². The largest absolute Gasteiger partial charge is 0.397 e. The van der Waals surface area contributed by atoms with Crippen LogP contribution in [-0.2, 0) is 9.59 Å². The molecule has 1 aliphatic rings.